The summed E-state index contributed by atoms with van der Waals surface area (Å²) in [5.41, 5.74) is 3.81. The molecule has 2 aromatic carbocycles. The van der Waals surface area contributed by atoms with Gasteiger partial charge in [0.15, 0.2) is 0 Å². The fourth-order valence-corrected chi connectivity index (χ4v) is 4.43. The minimum atomic E-state index is 0.153. The van der Waals surface area contributed by atoms with E-state index in [2.05, 4.69) is 47.9 Å². The van der Waals surface area contributed by atoms with Crippen LogP contribution in [0.1, 0.15) is 37.3 Å². The van der Waals surface area contributed by atoms with Gasteiger partial charge in [-0.3, -0.25) is 4.79 Å². The molecule has 1 amide bonds. The summed E-state index contributed by atoms with van der Waals surface area (Å²) in [6.45, 7) is 4.40. The van der Waals surface area contributed by atoms with Crippen molar-refractivity contribution in [2.75, 3.05) is 18.4 Å². The molecule has 1 atom stereocenters. The maximum atomic E-state index is 12.6. The van der Waals surface area contributed by atoms with E-state index in [-0.39, 0.29) is 5.91 Å². The van der Waals surface area contributed by atoms with Gasteiger partial charge in [0.25, 0.3) is 0 Å². The number of hydrogen-bond acceptors (Lipinski definition) is 2. The Balaban J connectivity index is 1.49. The first-order valence-corrected chi connectivity index (χ1v) is 9.26. The summed E-state index contributed by atoms with van der Waals surface area (Å²) in [5.74, 6) is 1.27. The van der Waals surface area contributed by atoms with Gasteiger partial charge >= 0.3 is 0 Å². The maximum Gasteiger partial charge on any atom is 0.224 e. The zero-order valence-corrected chi connectivity index (χ0v) is 14.4. The van der Waals surface area contributed by atoms with Crippen molar-refractivity contribution in [3.8, 4) is 0 Å². The van der Waals surface area contributed by atoms with E-state index in [0.29, 0.717) is 18.3 Å². The first kappa shape index (κ1) is 15.6. The summed E-state index contributed by atoms with van der Waals surface area (Å²) in [6, 6.07) is 10.7. The number of carbonyl (C=O) groups excluding carboxylic acids is 1. The molecule has 1 aliphatic carbocycles. The molecule has 3 heteroatoms. The number of piperidine rings is 1. The molecule has 0 radical (unpaired) electrons. The van der Waals surface area contributed by atoms with Crippen molar-refractivity contribution in [3.63, 3.8) is 0 Å². The van der Waals surface area contributed by atoms with Gasteiger partial charge in [-0.2, -0.15) is 0 Å². The number of rotatable bonds is 4. The van der Waals surface area contributed by atoms with E-state index in [1.165, 1.54) is 34.7 Å². The van der Waals surface area contributed by atoms with Gasteiger partial charge in [0, 0.05) is 17.5 Å². The topological polar surface area (TPSA) is 41.1 Å². The van der Waals surface area contributed by atoms with Gasteiger partial charge in [0.05, 0.1) is 0 Å². The molecule has 4 rings (SSSR count). The molecular formula is C21H26N2O. The lowest BCUT2D eigenvalue weighted by atomic mass is 9.84. The molecule has 2 aliphatic rings. The predicted octanol–water partition coefficient (Wildman–Crippen LogP) is 3.90. The van der Waals surface area contributed by atoms with Crippen LogP contribution in [0.4, 0.5) is 5.69 Å². The zero-order chi connectivity index (χ0) is 16.5. The summed E-state index contributed by atoms with van der Waals surface area (Å²) in [4.78, 5) is 12.6. The molecule has 1 aliphatic heterocycles. The number of amides is 1. The Labute approximate surface area is 143 Å². The van der Waals surface area contributed by atoms with Crippen molar-refractivity contribution in [1.29, 1.82) is 0 Å². The molecule has 1 saturated heterocycles. The van der Waals surface area contributed by atoms with Gasteiger partial charge in [0.1, 0.15) is 0 Å². The van der Waals surface area contributed by atoms with Crippen LogP contribution in [-0.4, -0.2) is 19.0 Å². The number of benzene rings is 2. The van der Waals surface area contributed by atoms with Crippen LogP contribution in [0.3, 0.4) is 0 Å². The zero-order valence-electron chi connectivity index (χ0n) is 14.4. The van der Waals surface area contributed by atoms with Crippen LogP contribution < -0.4 is 10.6 Å². The van der Waals surface area contributed by atoms with Crippen LogP contribution in [0.5, 0.6) is 0 Å². The molecular weight excluding hydrogens is 296 g/mol. The smallest absolute Gasteiger partial charge is 0.224 e. The Morgan fingerprint density at radius 3 is 2.71 bits per heavy atom. The lowest BCUT2D eigenvalue weighted by molar-refractivity contribution is -0.117. The van der Waals surface area contributed by atoms with E-state index in [4.69, 9.17) is 0 Å². The Hall–Kier alpha value is -1.87. The van der Waals surface area contributed by atoms with Crippen LogP contribution in [0, 0.1) is 11.8 Å². The second-order valence-corrected chi connectivity index (χ2v) is 7.43. The van der Waals surface area contributed by atoms with Gasteiger partial charge < -0.3 is 10.6 Å². The summed E-state index contributed by atoms with van der Waals surface area (Å²) < 4.78 is 0. The molecule has 0 spiro atoms. The van der Waals surface area contributed by atoms with E-state index in [1.54, 1.807) is 0 Å². The van der Waals surface area contributed by atoms with Crippen LogP contribution in [0.15, 0.2) is 30.3 Å². The quantitative estimate of drug-likeness (QED) is 0.896. The Morgan fingerprint density at radius 2 is 1.92 bits per heavy atom. The second kappa shape index (κ2) is 6.56. The normalized spacial score (nSPS) is 18.7. The minimum Gasteiger partial charge on any atom is -0.326 e. The third-order valence-electron chi connectivity index (χ3n) is 5.85. The summed E-state index contributed by atoms with van der Waals surface area (Å²) in [5, 5.41) is 9.14. The van der Waals surface area contributed by atoms with Crippen LogP contribution in [-0.2, 0) is 17.6 Å². The summed E-state index contributed by atoms with van der Waals surface area (Å²) in [6.07, 6.45) is 5.24. The Morgan fingerprint density at radius 1 is 1.17 bits per heavy atom. The Bertz CT molecular complexity index is 752. The highest BCUT2D eigenvalue weighted by Gasteiger charge is 2.23. The highest BCUT2D eigenvalue weighted by atomic mass is 16.1. The van der Waals surface area contributed by atoms with Crippen LogP contribution in [0.25, 0.3) is 10.8 Å². The van der Waals surface area contributed by atoms with E-state index in [9.17, 15) is 4.79 Å². The number of carbonyl (C=O) groups is 1. The first-order chi connectivity index (χ1) is 11.7. The number of hydrogen-bond donors (Lipinski definition) is 2. The van der Waals surface area contributed by atoms with Gasteiger partial charge in [-0.05, 0) is 73.2 Å². The summed E-state index contributed by atoms with van der Waals surface area (Å²) >= 11 is 0. The molecule has 126 valence electrons. The molecule has 0 aromatic heterocycles. The molecule has 2 N–H and O–H groups in total. The SMILES string of the molecule is CC(CC(=O)Nc1ccc2c3c(cccc13)CC2)C1CCNCC1. The Kier molecular flexibility index (Phi) is 4.28. The average molecular weight is 322 g/mol. The van der Waals surface area contributed by atoms with Crippen LogP contribution >= 0.6 is 0 Å². The molecule has 0 saturated carbocycles. The highest BCUT2D eigenvalue weighted by Crippen LogP contribution is 2.35. The fourth-order valence-electron chi connectivity index (χ4n) is 4.43. The molecule has 1 heterocycles. The number of aryl methyl sites for hydroxylation is 2. The molecule has 24 heavy (non-hydrogen) atoms. The summed E-state index contributed by atoms with van der Waals surface area (Å²) in [7, 11) is 0. The largest absolute Gasteiger partial charge is 0.326 e. The van der Waals surface area contributed by atoms with E-state index in [1.807, 2.05) is 0 Å². The molecule has 2 aromatic rings. The second-order valence-electron chi connectivity index (χ2n) is 7.43. The molecule has 3 nitrogen and oxygen atoms in total. The van der Waals surface area contributed by atoms with Crippen molar-refractivity contribution in [3.05, 3.63) is 41.5 Å². The molecule has 1 fully saturated rings. The van der Waals surface area contributed by atoms with Gasteiger partial charge in [-0.1, -0.05) is 31.2 Å². The minimum absolute atomic E-state index is 0.153. The van der Waals surface area contributed by atoms with E-state index in [0.717, 1.165) is 31.6 Å². The predicted molar refractivity (Wildman–Crippen MR) is 99.4 cm³/mol. The third-order valence-corrected chi connectivity index (χ3v) is 5.85. The van der Waals surface area contributed by atoms with Crippen molar-refractivity contribution in [2.24, 2.45) is 11.8 Å². The standard InChI is InChI=1S/C21H26N2O/c1-14(15-9-11-22-12-10-15)13-20(24)23-19-8-7-17-6-5-16-3-2-4-18(19)21(16)17/h2-4,7-8,14-15,22H,5-6,9-13H2,1H3,(H,23,24). The third kappa shape index (κ3) is 2.93. The van der Waals surface area contributed by atoms with Gasteiger partial charge in [-0.15, -0.1) is 0 Å². The van der Waals surface area contributed by atoms with Gasteiger partial charge in [-0.25, -0.2) is 0 Å². The first-order valence-electron chi connectivity index (χ1n) is 9.26. The van der Waals surface area contributed by atoms with Gasteiger partial charge in [0.2, 0.25) is 5.91 Å². The van der Waals surface area contributed by atoms with Crippen molar-refractivity contribution >= 4 is 22.4 Å². The van der Waals surface area contributed by atoms with Crippen molar-refractivity contribution < 1.29 is 4.79 Å². The lowest BCUT2D eigenvalue weighted by Gasteiger charge is -2.28. The lowest BCUT2D eigenvalue weighted by Crippen LogP contribution is -2.32. The monoisotopic (exact) mass is 322 g/mol. The van der Waals surface area contributed by atoms with E-state index < -0.39 is 0 Å². The van der Waals surface area contributed by atoms with Crippen molar-refractivity contribution in [2.45, 2.75) is 39.0 Å². The molecule has 0 bridgehead atoms. The van der Waals surface area contributed by atoms with E-state index >= 15 is 0 Å². The maximum absolute atomic E-state index is 12.6. The average Bonchev–Trinajstić information content (AvgIpc) is 3.03. The van der Waals surface area contributed by atoms with Crippen molar-refractivity contribution in [1.82, 2.24) is 5.32 Å². The van der Waals surface area contributed by atoms with Crippen LogP contribution in [0.2, 0.25) is 0 Å². The fraction of sp³-hybridized carbons (Fsp3) is 0.476. The number of nitrogens with one attached hydrogen (secondary N) is 2. The molecule has 1 unspecified atom stereocenters. The highest BCUT2D eigenvalue weighted by molar-refractivity contribution is 6.05. The number of anilines is 1.